The molecule has 38 heavy (non-hydrogen) atoms. The van der Waals surface area contributed by atoms with Crippen molar-refractivity contribution in [2.75, 3.05) is 11.9 Å². The smallest absolute Gasteiger partial charge is 0.251 e. The van der Waals surface area contributed by atoms with E-state index in [4.69, 9.17) is 9.47 Å². The molecule has 3 aromatic carbocycles. The number of fused-ring (bicyclic) bond motifs is 1. The maximum absolute atomic E-state index is 13.5. The Morgan fingerprint density at radius 2 is 1.79 bits per heavy atom. The molecule has 0 radical (unpaired) electrons. The van der Waals surface area contributed by atoms with Gasteiger partial charge in [-0.15, -0.1) is 0 Å². The van der Waals surface area contributed by atoms with E-state index >= 15 is 0 Å². The summed E-state index contributed by atoms with van der Waals surface area (Å²) in [7, 11) is 0. The highest BCUT2D eigenvalue weighted by molar-refractivity contribution is 5.96. The summed E-state index contributed by atoms with van der Waals surface area (Å²) < 4.78 is 13.8. The second-order valence-electron chi connectivity index (χ2n) is 9.18. The van der Waals surface area contributed by atoms with Crippen LogP contribution in [0.3, 0.4) is 0 Å². The number of rotatable bonds is 9. The van der Waals surface area contributed by atoms with Crippen molar-refractivity contribution in [2.24, 2.45) is 0 Å². The molecule has 0 fully saturated rings. The van der Waals surface area contributed by atoms with E-state index in [1.807, 2.05) is 74.5 Å². The van der Waals surface area contributed by atoms with Crippen LogP contribution in [0.2, 0.25) is 0 Å². The third-order valence-corrected chi connectivity index (χ3v) is 6.40. The predicted octanol–water partition coefficient (Wildman–Crippen LogP) is 5.17. The van der Waals surface area contributed by atoms with Crippen LogP contribution < -0.4 is 20.1 Å². The van der Waals surface area contributed by atoms with Gasteiger partial charge in [-0.1, -0.05) is 66.2 Å². The maximum Gasteiger partial charge on any atom is 0.251 e. The minimum atomic E-state index is -0.491. The summed E-state index contributed by atoms with van der Waals surface area (Å²) in [6.45, 7) is 7.20. The molecule has 1 aliphatic rings. The first-order valence-electron chi connectivity index (χ1n) is 12.7. The number of benzene rings is 3. The van der Waals surface area contributed by atoms with Crippen molar-refractivity contribution in [2.45, 2.75) is 40.0 Å². The third kappa shape index (κ3) is 5.39. The molecule has 8 nitrogen and oxygen atoms in total. The van der Waals surface area contributed by atoms with E-state index in [1.54, 1.807) is 4.68 Å². The van der Waals surface area contributed by atoms with Gasteiger partial charge in [-0.25, -0.2) is 4.68 Å². The lowest BCUT2D eigenvalue weighted by atomic mass is 9.94. The third-order valence-electron chi connectivity index (χ3n) is 6.40. The van der Waals surface area contributed by atoms with Gasteiger partial charge in [0, 0.05) is 12.2 Å². The Morgan fingerprint density at radius 3 is 2.58 bits per heavy atom. The molecule has 194 valence electrons. The Bertz CT molecular complexity index is 1460. The summed E-state index contributed by atoms with van der Waals surface area (Å²) in [6, 6.07) is 23.3. The van der Waals surface area contributed by atoms with Crippen molar-refractivity contribution in [1.29, 1.82) is 0 Å². The minimum absolute atomic E-state index is 0.178. The Labute approximate surface area is 222 Å². The van der Waals surface area contributed by atoms with Gasteiger partial charge in [0.05, 0.1) is 12.2 Å². The van der Waals surface area contributed by atoms with Crippen LogP contribution in [0.4, 0.5) is 5.95 Å². The summed E-state index contributed by atoms with van der Waals surface area (Å²) in [5.74, 6) is 1.65. The molecule has 1 atom stereocenters. The summed E-state index contributed by atoms with van der Waals surface area (Å²) in [6.07, 6.45) is 1.48. The summed E-state index contributed by atoms with van der Waals surface area (Å²) in [5.41, 5.74) is 5.41. The number of carbonyl (C=O) groups excluding carboxylic acids is 1. The number of hydrogen-bond donors (Lipinski definition) is 2. The molecular formula is C30H31N5O3. The first kappa shape index (κ1) is 25.1. The van der Waals surface area contributed by atoms with Crippen molar-refractivity contribution in [3.8, 4) is 11.5 Å². The molecule has 1 aliphatic heterocycles. The van der Waals surface area contributed by atoms with Crippen LogP contribution in [0, 0.1) is 6.92 Å². The van der Waals surface area contributed by atoms with Crippen molar-refractivity contribution in [3.63, 3.8) is 0 Å². The molecule has 2 heterocycles. The highest BCUT2D eigenvalue weighted by Gasteiger charge is 2.34. The fourth-order valence-electron chi connectivity index (χ4n) is 4.61. The van der Waals surface area contributed by atoms with Gasteiger partial charge < -0.3 is 20.1 Å². The van der Waals surface area contributed by atoms with Gasteiger partial charge in [-0.05, 0) is 49.6 Å². The Morgan fingerprint density at radius 1 is 0.974 bits per heavy atom. The number of nitrogens with one attached hydrogen (secondary N) is 2. The molecule has 0 aliphatic carbocycles. The lowest BCUT2D eigenvalue weighted by molar-refractivity contribution is -0.118. The number of aromatic nitrogens is 3. The van der Waals surface area contributed by atoms with Crippen molar-refractivity contribution >= 4 is 11.9 Å². The number of aryl methyl sites for hydroxylation is 1. The standard InChI is InChI=1S/C30H31N5O3/c1-4-37-26-16-24(13-14-25(26)38-18-23-12-8-9-20(2)15-23)28-27(21(3)34-30-32-19-33-35(28)30)29(36)31-17-22-10-6-5-7-11-22/h5-16,19,28H,4,17-18H2,1-3H3,(H,31,36)(H,32,33,34)/t28-/m1/s1. The molecule has 4 aromatic rings. The van der Waals surface area contributed by atoms with E-state index in [-0.39, 0.29) is 5.91 Å². The summed E-state index contributed by atoms with van der Waals surface area (Å²) >= 11 is 0. The number of anilines is 1. The van der Waals surface area contributed by atoms with Gasteiger partial charge in [0.1, 0.15) is 19.0 Å². The minimum Gasteiger partial charge on any atom is -0.490 e. The van der Waals surface area contributed by atoms with Crippen molar-refractivity contribution in [1.82, 2.24) is 20.1 Å². The fourth-order valence-corrected chi connectivity index (χ4v) is 4.61. The van der Waals surface area contributed by atoms with E-state index in [2.05, 4.69) is 39.8 Å². The van der Waals surface area contributed by atoms with Crippen LogP contribution in [0.25, 0.3) is 0 Å². The Kier molecular flexibility index (Phi) is 7.40. The average molecular weight is 510 g/mol. The van der Waals surface area contributed by atoms with E-state index in [0.717, 1.165) is 22.4 Å². The molecule has 0 saturated carbocycles. The number of allylic oxidation sites excluding steroid dienone is 1. The largest absolute Gasteiger partial charge is 0.490 e. The topological polar surface area (TPSA) is 90.3 Å². The Hall–Kier alpha value is -4.59. The zero-order valence-corrected chi connectivity index (χ0v) is 21.8. The molecule has 0 spiro atoms. The van der Waals surface area contributed by atoms with Crippen LogP contribution in [-0.2, 0) is 17.9 Å². The first-order valence-corrected chi connectivity index (χ1v) is 12.7. The molecular weight excluding hydrogens is 478 g/mol. The monoisotopic (exact) mass is 509 g/mol. The molecule has 0 unspecified atom stereocenters. The second kappa shape index (κ2) is 11.2. The first-order chi connectivity index (χ1) is 18.5. The predicted molar refractivity (Wildman–Crippen MR) is 146 cm³/mol. The normalized spacial score (nSPS) is 14.4. The molecule has 0 saturated heterocycles. The van der Waals surface area contributed by atoms with E-state index in [0.29, 0.717) is 42.8 Å². The molecule has 1 aromatic heterocycles. The van der Waals surface area contributed by atoms with Crippen LogP contribution >= 0.6 is 0 Å². The van der Waals surface area contributed by atoms with Crippen molar-refractivity contribution in [3.05, 3.63) is 113 Å². The van der Waals surface area contributed by atoms with Crippen LogP contribution in [0.5, 0.6) is 11.5 Å². The lowest BCUT2D eigenvalue weighted by Crippen LogP contribution is -2.34. The van der Waals surface area contributed by atoms with Gasteiger partial charge in [-0.2, -0.15) is 10.1 Å². The van der Waals surface area contributed by atoms with E-state index < -0.39 is 6.04 Å². The SMILES string of the molecule is CCOc1cc([C@@H]2C(C(=O)NCc3ccccc3)=C(C)Nc3ncnn32)ccc1OCc1cccc(C)c1. The van der Waals surface area contributed by atoms with Crippen molar-refractivity contribution < 1.29 is 14.3 Å². The number of nitrogens with zero attached hydrogens (tertiary/aromatic N) is 3. The van der Waals surface area contributed by atoms with Crippen LogP contribution in [0.1, 0.15) is 42.1 Å². The molecule has 8 heteroatoms. The maximum atomic E-state index is 13.5. The lowest BCUT2D eigenvalue weighted by Gasteiger charge is -2.29. The zero-order chi connectivity index (χ0) is 26.5. The number of hydrogen-bond acceptors (Lipinski definition) is 6. The van der Waals surface area contributed by atoms with E-state index in [1.165, 1.54) is 11.9 Å². The van der Waals surface area contributed by atoms with Gasteiger partial charge in [0.2, 0.25) is 5.95 Å². The molecule has 1 amide bonds. The van der Waals surface area contributed by atoms with E-state index in [9.17, 15) is 4.79 Å². The fraction of sp³-hybridized carbons (Fsp3) is 0.233. The molecule has 2 N–H and O–H groups in total. The van der Waals surface area contributed by atoms with Gasteiger partial charge in [0.25, 0.3) is 5.91 Å². The van der Waals surface area contributed by atoms with Crippen LogP contribution in [0.15, 0.2) is 90.4 Å². The van der Waals surface area contributed by atoms with Crippen LogP contribution in [-0.4, -0.2) is 27.3 Å². The number of amides is 1. The second-order valence-corrected chi connectivity index (χ2v) is 9.18. The molecule has 0 bridgehead atoms. The number of ether oxygens (including phenoxy) is 2. The number of carbonyl (C=O) groups is 1. The highest BCUT2D eigenvalue weighted by Crippen LogP contribution is 2.38. The summed E-state index contributed by atoms with van der Waals surface area (Å²) in [5, 5.41) is 10.7. The highest BCUT2D eigenvalue weighted by atomic mass is 16.5. The van der Waals surface area contributed by atoms with Gasteiger partial charge >= 0.3 is 0 Å². The average Bonchev–Trinajstić information content (AvgIpc) is 3.39. The van der Waals surface area contributed by atoms with Gasteiger partial charge in [0.15, 0.2) is 11.5 Å². The molecule has 5 rings (SSSR count). The Balaban J connectivity index is 1.45. The van der Waals surface area contributed by atoms with Gasteiger partial charge in [-0.3, -0.25) is 4.79 Å². The quantitative estimate of drug-likeness (QED) is 0.324. The zero-order valence-electron chi connectivity index (χ0n) is 21.8. The summed E-state index contributed by atoms with van der Waals surface area (Å²) in [4.78, 5) is 17.9.